The molecule has 1 aliphatic rings. The van der Waals surface area contributed by atoms with Crippen LogP contribution in [0.25, 0.3) is 0 Å². The number of benzene rings is 1. The van der Waals surface area contributed by atoms with Gasteiger partial charge < -0.3 is 5.11 Å². The predicted molar refractivity (Wildman–Crippen MR) is 52.5 cm³/mol. The summed E-state index contributed by atoms with van der Waals surface area (Å²) in [6.45, 7) is 0.122. The van der Waals surface area contributed by atoms with E-state index in [2.05, 4.69) is 9.63 Å². The van der Waals surface area contributed by atoms with Gasteiger partial charge in [0.2, 0.25) is 0 Å². The number of nitrogens with zero attached hydrogens (tertiary/aromatic N) is 2. The number of aliphatic hydroxyl groups excluding tert-OH is 1. The molecule has 2 atom stereocenters. The molecule has 3 nitrogen and oxygen atoms in total. The molecule has 4 heteroatoms. The average molecular weight is 194 g/mol. The fourth-order valence-corrected chi connectivity index (χ4v) is 2.01. The monoisotopic (exact) mass is 194 g/mol. The van der Waals surface area contributed by atoms with Crippen LogP contribution in [0.1, 0.15) is 11.6 Å². The van der Waals surface area contributed by atoms with E-state index in [0.717, 1.165) is 5.56 Å². The second kappa shape index (κ2) is 3.89. The molecule has 2 unspecified atom stereocenters. The zero-order chi connectivity index (χ0) is 9.10. The number of hydrogen-bond donors (Lipinski definition) is 1. The van der Waals surface area contributed by atoms with Gasteiger partial charge in [-0.3, -0.25) is 0 Å². The first-order chi connectivity index (χ1) is 6.42. The third-order valence-corrected chi connectivity index (χ3v) is 2.89. The molecule has 0 amide bonds. The summed E-state index contributed by atoms with van der Waals surface area (Å²) in [6.07, 6.45) is 0. The van der Waals surface area contributed by atoms with Crippen molar-refractivity contribution < 1.29 is 5.11 Å². The molecule has 1 N–H and O–H groups in total. The molecule has 1 heterocycles. The standard InChI is InChI=1S/C9H10N2OS/c12-6-8-9(10-11-13-8)7-4-2-1-3-5-7/h1-5,8-9,12H,6H2. The Labute approximate surface area is 81.0 Å². The lowest BCUT2D eigenvalue weighted by Crippen LogP contribution is -2.13. The van der Waals surface area contributed by atoms with E-state index in [0.29, 0.717) is 0 Å². The van der Waals surface area contributed by atoms with E-state index in [1.54, 1.807) is 0 Å². The number of hydrogen-bond acceptors (Lipinski definition) is 4. The van der Waals surface area contributed by atoms with Crippen LogP contribution in [0.5, 0.6) is 0 Å². The minimum atomic E-state index is 0.0243. The van der Waals surface area contributed by atoms with E-state index < -0.39 is 0 Å². The minimum Gasteiger partial charge on any atom is -0.395 e. The molecule has 1 aromatic rings. The Kier molecular flexibility index (Phi) is 2.61. The lowest BCUT2D eigenvalue weighted by atomic mass is 10.1. The molecule has 0 radical (unpaired) electrons. The van der Waals surface area contributed by atoms with Crippen molar-refractivity contribution in [3.63, 3.8) is 0 Å². The highest BCUT2D eigenvalue weighted by Gasteiger charge is 2.27. The van der Waals surface area contributed by atoms with Crippen molar-refractivity contribution in [3.05, 3.63) is 35.9 Å². The van der Waals surface area contributed by atoms with E-state index in [4.69, 9.17) is 5.11 Å². The summed E-state index contributed by atoms with van der Waals surface area (Å²) in [5, 5.41) is 13.2. The van der Waals surface area contributed by atoms with Gasteiger partial charge in [0, 0.05) is 11.9 Å². The van der Waals surface area contributed by atoms with Crippen molar-refractivity contribution in [1.29, 1.82) is 0 Å². The van der Waals surface area contributed by atoms with Crippen LogP contribution in [0.4, 0.5) is 0 Å². The van der Waals surface area contributed by atoms with Crippen molar-refractivity contribution in [2.75, 3.05) is 6.61 Å². The highest BCUT2D eigenvalue weighted by molar-refractivity contribution is 7.98. The van der Waals surface area contributed by atoms with Crippen LogP contribution in [-0.2, 0) is 0 Å². The van der Waals surface area contributed by atoms with Crippen LogP contribution in [0.2, 0.25) is 0 Å². The third-order valence-electron chi connectivity index (χ3n) is 2.03. The Morgan fingerprint density at radius 3 is 2.77 bits per heavy atom. The van der Waals surface area contributed by atoms with Crippen LogP contribution in [0.3, 0.4) is 0 Å². The first-order valence-corrected chi connectivity index (χ1v) is 4.97. The molecule has 1 aliphatic heterocycles. The fraction of sp³-hybridized carbons (Fsp3) is 0.333. The molecular formula is C9H10N2OS. The predicted octanol–water partition coefficient (Wildman–Crippen LogP) is 2.20. The maximum Gasteiger partial charge on any atom is 0.113 e. The average Bonchev–Trinajstić information content (AvgIpc) is 2.67. The Morgan fingerprint density at radius 1 is 1.31 bits per heavy atom. The normalized spacial score (nSPS) is 26.5. The molecule has 13 heavy (non-hydrogen) atoms. The summed E-state index contributed by atoms with van der Waals surface area (Å²) in [7, 11) is 0. The maximum atomic E-state index is 9.06. The van der Waals surface area contributed by atoms with E-state index in [9.17, 15) is 0 Å². The molecule has 0 aromatic heterocycles. The smallest absolute Gasteiger partial charge is 0.113 e. The van der Waals surface area contributed by atoms with E-state index in [-0.39, 0.29) is 17.9 Å². The molecule has 1 aromatic carbocycles. The first kappa shape index (κ1) is 8.72. The summed E-state index contributed by atoms with van der Waals surface area (Å²) in [5.74, 6) is 0. The molecule has 0 fully saturated rings. The van der Waals surface area contributed by atoms with Gasteiger partial charge in [0.15, 0.2) is 0 Å². The number of aliphatic hydroxyl groups is 1. The maximum absolute atomic E-state index is 9.06. The summed E-state index contributed by atoms with van der Waals surface area (Å²) >= 11 is 1.35. The Bertz CT molecular complexity index is 302. The zero-order valence-electron chi connectivity index (χ0n) is 7.00. The molecule has 68 valence electrons. The Hall–Kier alpha value is -0.870. The molecule has 0 bridgehead atoms. The highest BCUT2D eigenvalue weighted by atomic mass is 32.2. The molecule has 0 aliphatic carbocycles. The van der Waals surface area contributed by atoms with Crippen molar-refractivity contribution in [3.8, 4) is 0 Å². The Balaban J connectivity index is 2.21. The van der Waals surface area contributed by atoms with Crippen molar-refractivity contribution in [2.45, 2.75) is 11.3 Å². The SMILES string of the molecule is OCC1SN=NC1c1ccccc1. The summed E-state index contributed by atoms with van der Waals surface area (Å²) in [4.78, 5) is 0. The lowest BCUT2D eigenvalue weighted by molar-refractivity contribution is 0.285. The van der Waals surface area contributed by atoms with Crippen molar-refractivity contribution in [1.82, 2.24) is 0 Å². The van der Waals surface area contributed by atoms with Crippen LogP contribution in [0.15, 0.2) is 40.0 Å². The zero-order valence-corrected chi connectivity index (χ0v) is 7.81. The van der Waals surface area contributed by atoms with Crippen LogP contribution in [0, 0.1) is 0 Å². The second-order valence-electron chi connectivity index (χ2n) is 2.88. The molecule has 0 spiro atoms. The second-order valence-corrected chi connectivity index (χ2v) is 3.86. The van der Waals surface area contributed by atoms with Gasteiger partial charge in [-0.15, -0.1) is 4.52 Å². The van der Waals surface area contributed by atoms with Crippen LogP contribution >= 0.6 is 11.9 Å². The van der Waals surface area contributed by atoms with Crippen molar-refractivity contribution >= 4 is 11.9 Å². The minimum absolute atomic E-state index is 0.0243. The summed E-state index contributed by atoms with van der Waals surface area (Å²) < 4.78 is 3.88. The van der Waals surface area contributed by atoms with E-state index in [1.807, 2.05) is 30.3 Å². The van der Waals surface area contributed by atoms with Gasteiger partial charge in [0.25, 0.3) is 0 Å². The molecular weight excluding hydrogens is 184 g/mol. The quantitative estimate of drug-likeness (QED) is 0.733. The summed E-state index contributed by atoms with van der Waals surface area (Å²) in [5.41, 5.74) is 1.12. The molecule has 0 saturated heterocycles. The first-order valence-electron chi connectivity index (χ1n) is 4.13. The molecule has 0 saturated carbocycles. The van der Waals surface area contributed by atoms with Gasteiger partial charge >= 0.3 is 0 Å². The summed E-state index contributed by atoms with van der Waals surface area (Å²) in [6, 6.07) is 9.97. The lowest BCUT2D eigenvalue weighted by Gasteiger charge is -2.11. The Morgan fingerprint density at radius 2 is 2.08 bits per heavy atom. The highest BCUT2D eigenvalue weighted by Crippen LogP contribution is 2.36. The fourth-order valence-electron chi connectivity index (χ4n) is 1.34. The van der Waals surface area contributed by atoms with Gasteiger partial charge in [-0.1, -0.05) is 30.3 Å². The van der Waals surface area contributed by atoms with E-state index >= 15 is 0 Å². The number of rotatable bonds is 2. The van der Waals surface area contributed by atoms with Gasteiger partial charge in [-0.25, -0.2) is 0 Å². The van der Waals surface area contributed by atoms with Gasteiger partial charge in [-0.2, -0.15) is 5.11 Å². The largest absolute Gasteiger partial charge is 0.395 e. The van der Waals surface area contributed by atoms with Gasteiger partial charge in [0.05, 0.1) is 11.9 Å². The van der Waals surface area contributed by atoms with Crippen LogP contribution < -0.4 is 0 Å². The van der Waals surface area contributed by atoms with Gasteiger partial charge in [0.1, 0.15) is 6.04 Å². The van der Waals surface area contributed by atoms with Crippen LogP contribution in [-0.4, -0.2) is 17.0 Å². The van der Waals surface area contributed by atoms with Gasteiger partial charge in [-0.05, 0) is 5.56 Å². The topological polar surface area (TPSA) is 45.0 Å². The third kappa shape index (κ3) is 1.73. The van der Waals surface area contributed by atoms with E-state index in [1.165, 1.54) is 11.9 Å². The molecule has 2 rings (SSSR count). The van der Waals surface area contributed by atoms with Crippen molar-refractivity contribution in [2.24, 2.45) is 9.63 Å².